The summed E-state index contributed by atoms with van der Waals surface area (Å²) in [5, 5.41) is 28.8. The van der Waals surface area contributed by atoms with E-state index >= 15 is 0 Å². The van der Waals surface area contributed by atoms with Crippen LogP contribution in [-0.4, -0.2) is 58.2 Å². The molecule has 3 N–H and O–H groups in total. The number of rotatable bonds is 8. The van der Waals surface area contributed by atoms with Crippen LogP contribution in [0.25, 0.3) is 0 Å². The van der Waals surface area contributed by atoms with Gasteiger partial charge in [0.05, 0.1) is 31.6 Å². The van der Waals surface area contributed by atoms with Crippen molar-refractivity contribution >= 4 is 0 Å². The van der Waals surface area contributed by atoms with E-state index in [4.69, 9.17) is 9.84 Å². The lowest BCUT2D eigenvalue weighted by atomic mass is 10.3. The molecule has 1 unspecified atom stereocenters. The second kappa shape index (κ2) is 7.29. The average Bonchev–Trinajstić information content (AvgIpc) is 2.67. The summed E-state index contributed by atoms with van der Waals surface area (Å²) in [7, 11) is 1.55. The average molecular weight is 230 g/mol. The first-order valence-electron chi connectivity index (χ1n) is 5.14. The van der Waals surface area contributed by atoms with Crippen molar-refractivity contribution in [3.8, 4) is 0 Å². The summed E-state index contributed by atoms with van der Waals surface area (Å²) in [5.41, 5.74) is 0.776. The quantitative estimate of drug-likeness (QED) is 0.496. The number of hydrogen-bond donors (Lipinski definition) is 3. The molecule has 0 saturated heterocycles. The van der Waals surface area contributed by atoms with E-state index in [2.05, 4.69) is 15.6 Å². The summed E-state index contributed by atoms with van der Waals surface area (Å²) in [5.74, 6) is 0. The van der Waals surface area contributed by atoms with Crippen LogP contribution in [0, 0.1) is 0 Å². The first-order chi connectivity index (χ1) is 7.76. The summed E-state index contributed by atoms with van der Waals surface area (Å²) in [6, 6.07) is 0. The van der Waals surface area contributed by atoms with Crippen LogP contribution in [0.4, 0.5) is 0 Å². The maximum Gasteiger partial charge on any atom is 0.0964 e. The molecule has 0 spiro atoms. The molecule has 0 amide bonds. The molecule has 1 aromatic heterocycles. The van der Waals surface area contributed by atoms with Crippen molar-refractivity contribution < 1.29 is 14.9 Å². The zero-order valence-electron chi connectivity index (χ0n) is 9.33. The minimum Gasteiger partial charge on any atom is -0.394 e. The Morgan fingerprint density at radius 3 is 3.12 bits per heavy atom. The molecule has 0 aliphatic heterocycles. The first kappa shape index (κ1) is 13.0. The van der Waals surface area contributed by atoms with E-state index in [1.54, 1.807) is 18.0 Å². The van der Waals surface area contributed by atoms with Gasteiger partial charge < -0.3 is 20.3 Å². The van der Waals surface area contributed by atoms with Crippen LogP contribution >= 0.6 is 0 Å². The molecule has 0 radical (unpaired) electrons. The van der Waals surface area contributed by atoms with Gasteiger partial charge in [-0.2, -0.15) is 0 Å². The van der Waals surface area contributed by atoms with Gasteiger partial charge in [0, 0.05) is 26.4 Å². The Labute approximate surface area is 94.0 Å². The Morgan fingerprint density at radius 2 is 2.44 bits per heavy atom. The Morgan fingerprint density at radius 1 is 1.62 bits per heavy atom. The third-order valence-electron chi connectivity index (χ3n) is 1.96. The number of aliphatic hydroxyl groups excluding tert-OH is 2. The van der Waals surface area contributed by atoms with Gasteiger partial charge in [-0.05, 0) is 0 Å². The van der Waals surface area contributed by atoms with Crippen molar-refractivity contribution in [2.24, 2.45) is 0 Å². The fraction of sp³-hybridized carbons (Fsp3) is 0.778. The van der Waals surface area contributed by atoms with Gasteiger partial charge in [-0.15, -0.1) is 5.10 Å². The highest BCUT2D eigenvalue weighted by Gasteiger charge is 2.04. The first-order valence-corrected chi connectivity index (χ1v) is 5.14. The SMILES string of the molecule is COCC(O)CNCc1cn(CCO)nn1. The molecule has 0 fully saturated rings. The topological polar surface area (TPSA) is 92.4 Å². The zero-order valence-corrected chi connectivity index (χ0v) is 9.33. The van der Waals surface area contributed by atoms with Gasteiger partial charge in [0.25, 0.3) is 0 Å². The van der Waals surface area contributed by atoms with Gasteiger partial charge in [0.1, 0.15) is 0 Å². The highest BCUT2D eigenvalue weighted by atomic mass is 16.5. The van der Waals surface area contributed by atoms with Crippen LogP contribution in [0.5, 0.6) is 0 Å². The van der Waals surface area contributed by atoms with E-state index in [-0.39, 0.29) is 6.61 Å². The Hall–Kier alpha value is -1.02. The molecule has 7 heteroatoms. The lowest BCUT2D eigenvalue weighted by molar-refractivity contribution is 0.0643. The van der Waals surface area contributed by atoms with Crippen molar-refractivity contribution in [1.82, 2.24) is 20.3 Å². The lowest BCUT2D eigenvalue weighted by Gasteiger charge is -2.09. The molecular formula is C9H18N4O3. The summed E-state index contributed by atoms with van der Waals surface area (Å²) >= 11 is 0. The fourth-order valence-electron chi connectivity index (χ4n) is 1.25. The number of nitrogens with zero attached hydrogens (tertiary/aromatic N) is 3. The van der Waals surface area contributed by atoms with Crippen LogP contribution in [-0.2, 0) is 17.8 Å². The van der Waals surface area contributed by atoms with E-state index in [1.165, 1.54) is 0 Å². The van der Waals surface area contributed by atoms with E-state index in [0.717, 1.165) is 5.69 Å². The smallest absolute Gasteiger partial charge is 0.0964 e. The molecule has 1 aromatic rings. The zero-order chi connectivity index (χ0) is 11.8. The Balaban J connectivity index is 2.21. The predicted octanol–water partition coefficient (Wildman–Crippen LogP) is -1.63. The molecule has 0 saturated carbocycles. The molecule has 16 heavy (non-hydrogen) atoms. The van der Waals surface area contributed by atoms with Crippen molar-refractivity contribution in [2.75, 3.05) is 26.9 Å². The number of hydrogen-bond acceptors (Lipinski definition) is 6. The summed E-state index contributed by atoms with van der Waals surface area (Å²) in [6.07, 6.45) is 1.24. The molecule has 1 rings (SSSR count). The molecule has 0 aromatic carbocycles. The summed E-state index contributed by atoms with van der Waals surface area (Å²) in [4.78, 5) is 0. The maximum absolute atomic E-state index is 9.35. The van der Waals surface area contributed by atoms with Gasteiger partial charge in [-0.25, -0.2) is 4.68 Å². The van der Waals surface area contributed by atoms with Crippen LogP contribution < -0.4 is 5.32 Å². The largest absolute Gasteiger partial charge is 0.394 e. The molecule has 0 bridgehead atoms. The number of methoxy groups -OCH3 is 1. The highest BCUT2D eigenvalue weighted by molar-refractivity contribution is 4.91. The van der Waals surface area contributed by atoms with Crippen LogP contribution in [0.2, 0.25) is 0 Å². The standard InChI is InChI=1S/C9H18N4O3/c1-16-7-9(15)5-10-4-8-6-13(2-3-14)12-11-8/h6,9-10,14-15H,2-5,7H2,1H3. The highest BCUT2D eigenvalue weighted by Crippen LogP contribution is 1.92. The summed E-state index contributed by atoms with van der Waals surface area (Å²) < 4.78 is 6.36. The molecule has 0 aliphatic rings. The minimum atomic E-state index is -0.516. The lowest BCUT2D eigenvalue weighted by Crippen LogP contribution is -2.29. The van der Waals surface area contributed by atoms with Gasteiger partial charge in [-0.3, -0.25) is 0 Å². The van der Waals surface area contributed by atoms with Crippen molar-refractivity contribution in [2.45, 2.75) is 19.2 Å². The minimum absolute atomic E-state index is 0.0444. The number of ether oxygens (including phenoxy) is 1. The van der Waals surface area contributed by atoms with Gasteiger partial charge >= 0.3 is 0 Å². The maximum atomic E-state index is 9.35. The third kappa shape index (κ3) is 4.67. The van der Waals surface area contributed by atoms with E-state index < -0.39 is 6.10 Å². The van der Waals surface area contributed by atoms with Crippen LogP contribution in [0.3, 0.4) is 0 Å². The molecule has 92 valence electrons. The normalized spacial score (nSPS) is 12.9. The van der Waals surface area contributed by atoms with Crippen molar-refractivity contribution in [3.63, 3.8) is 0 Å². The van der Waals surface area contributed by atoms with E-state index in [9.17, 15) is 5.11 Å². The van der Waals surface area contributed by atoms with E-state index in [1.807, 2.05) is 0 Å². The van der Waals surface area contributed by atoms with Crippen molar-refractivity contribution in [1.29, 1.82) is 0 Å². The van der Waals surface area contributed by atoms with Crippen molar-refractivity contribution in [3.05, 3.63) is 11.9 Å². The Bertz CT molecular complexity index is 292. The number of nitrogens with one attached hydrogen (secondary N) is 1. The molecule has 1 atom stereocenters. The van der Waals surface area contributed by atoms with Gasteiger partial charge in [0.2, 0.25) is 0 Å². The monoisotopic (exact) mass is 230 g/mol. The molecule has 7 nitrogen and oxygen atoms in total. The molecule has 1 heterocycles. The van der Waals surface area contributed by atoms with Gasteiger partial charge in [0.15, 0.2) is 0 Å². The number of aromatic nitrogens is 3. The molecular weight excluding hydrogens is 212 g/mol. The Kier molecular flexibility index (Phi) is 5.94. The van der Waals surface area contributed by atoms with E-state index in [0.29, 0.717) is 26.2 Å². The van der Waals surface area contributed by atoms with Gasteiger partial charge in [-0.1, -0.05) is 5.21 Å². The second-order valence-electron chi connectivity index (χ2n) is 3.44. The second-order valence-corrected chi connectivity index (χ2v) is 3.44. The molecule has 0 aliphatic carbocycles. The van der Waals surface area contributed by atoms with Crippen LogP contribution in [0.15, 0.2) is 6.20 Å². The predicted molar refractivity (Wildman–Crippen MR) is 56.7 cm³/mol. The van der Waals surface area contributed by atoms with Crippen LogP contribution in [0.1, 0.15) is 5.69 Å². The fourth-order valence-corrected chi connectivity index (χ4v) is 1.25. The third-order valence-corrected chi connectivity index (χ3v) is 1.96. The summed E-state index contributed by atoms with van der Waals surface area (Å²) in [6.45, 7) is 1.78. The number of aliphatic hydroxyl groups is 2.